The van der Waals surface area contributed by atoms with E-state index in [0.29, 0.717) is 12.8 Å². The van der Waals surface area contributed by atoms with Crippen LogP contribution in [0, 0.1) is 0 Å². The van der Waals surface area contributed by atoms with Crippen LogP contribution in [0.1, 0.15) is 98.8 Å². The molecule has 190 valence electrons. The van der Waals surface area contributed by atoms with E-state index in [1.54, 1.807) is 0 Å². The van der Waals surface area contributed by atoms with E-state index in [2.05, 4.69) is 26.0 Å². The average Bonchev–Trinajstić information content (AvgIpc) is 2.81. The van der Waals surface area contributed by atoms with E-state index in [9.17, 15) is 22.6 Å². The van der Waals surface area contributed by atoms with Crippen LogP contribution >= 0.6 is 0 Å². The highest BCUT2D eigenvalue weighted by Crippen LogP contribution is 2.19. The van der Waals surface area contributed by atoms with Gasteiger partial charge in [0.05, 0.1) is 29.2 Å². The lowest BCUT2D eigenvalue weighted by molar-refractivity contribution is 0.0453. The van der Waals surface area contributed by atoms with Crippen molar-refractivity contribution >= 4 is 22.1 Å². The topological polar surface area (TPSA) is 107 Å². The Morgan fingerprint density at radius 2 is 1.21 bits per heavy atom. The smallest absolute Gasteiger partial charge is 0.339 e. The van der Waals surface area contributed by atoms with E-state index in [0.717, 1.165) is 69.6 Å². The van der Waals surface area contributed by atoms with Gasteiger partial charge in [-0.15, -0.1) is 0 Å². The molecule has 0 saturated heterocycles. The molecule has 0 aliphatic rings. The molecule has 0 heterocycles. The van der Waals surface area contributed by atoms with E-state index in [4.69, 9.17) is 9.47 Å². The molecule has 0 unspecified atom stereocenters. The van der Waals surface area contributed by atoms with Crippen molar-refractivity contribution in [2.75, 3.05) is 13.2 Å². The lowest BCUT2D eigenvalue weighted by Crippen LogP contribution is -2.16. The van der Waals surface area contributed by atoms with E-state index in [1.807, 2.05) is 12.2 Å². The van der Waals surface area contributed by atoms with Crippen molar-refractivity contribution in [3.63, 3.8) is 0 Å². The number of benzene rings is 1. The molecule has 0 fully saturated rings. The zero-order valence-electron chi connectivity index (χ0n) is 20.3. The molecule has 0 saturated carbocycles. The van der Waals surface area contributed by atoms with Gasteiger partial charge in [-0.1, -0.05) is 63.8 Å². The molecule has 1 aromatic carbocycles. The van der Waals surface area contributed by atoms with Gasteiger partial charge in [0.2, 0.25) is 0 Å². The van der Waals surface area contributed by atoms with Crippen LogP contribution in [0.15, 0.2) is 47.4 Å². The number of hydrogen-bond acceptors (Lipinski definition) is 6. The van der Waals surface area contributed by atoms with Crippen LogP contribution in [-0.4, -0.2) is 38.1 Å². The molecule has 1 aromatic rings. The highest BCUT2D eigenvalue weighted by molar-refractivity contribution is 7.85. The van der Waals surface area contributed by atoms with E-state index >= 15 is 0 Å². The third kappa shape index (κ3) is 12.1. The van der Waals surface area contributed by atoms with E-state index in [-0.39, 0.29) is 24.3 Å². The minimum atomic E-state index is -4.55. The Balaban J connectivity index is 2.71. The quantitative estimate of drug-likeness (QED) is 0.117. The third-order valence-electron chi connectivity index (χ3n) is 5.01. The first kappa shape index (κ1) is 29.6. The number of carbonyl (C=O) groups excluding carboxylic acids is 2. The van der Waals surface area contributed by atoms with Gasteiger partial charge < -0.3 is 9.47 Å². The molecular weight excluding hydrogens is 456 g/mol. The van der Waals surface area contributed by atoms with Gasteiger partial charge >= 0.3 is 11.9 Å². The van der Waals surface area contributed by atoms with Crippen molar-refractivity contribution in [1.29, 1.82) is 0 Å². The Kier molecular flexibility index (Phi) is 14.8. The summed E-state index contributed by atoms with van der Waals surface area (Å²) < 4.78 is 42.8. The summed E-state index contributed by atoms with van der Waals surface area (Å²) in [6.45, 7) is 4.54. The molecule has 0 radical (unpaired) electrons. The number of carbonyl (C=O) groups is 2. The molecule has 0 amide bonds. The lowest BCUT2D eigenvalue weighted by atomic mass is 10.1. The van der Waals surface area contributed by atoms with Crippen molar-refractivity contribution in [3.8, 4) is 0 Å². The van der Waals surface area contributed by atoms with Crippen LogP contribution in [0.3, 0.4) is 0 Å². The van der Waals surface area contributed by atoms with Gasteiger partial charge in [0.1, 0.15) is 0 Å². The Hall–Kier alpha value is -2.45. The van der Waals surface area contributed by atoms with E-state index in [1.165, 1.54) is 0 Å². The van der Waals surface area contributed by atoms with Gasteiger partial charge in [0.15, 0.2) is 0 Å². The Labute approximate surface area is 204 Å². The number of allylic oxidation sites excluding steroid dienone is 4. The predicted octanol–water partition coefficient (Wildman–Crippen LogP) is 6.30. The van der Waals surface area contributed by atoms with Gasteiger partial charge in [-0.25, -0.2) is 9.59 Å². The fourth-order valence-electron chi connectivity index (χ4n) is 3.03. The SMILES string of the molecule is CCCC/C=C/CCCOC(=O)c1ccc(S(=O)(=O)O)cc1C(=O)OCCC/C=C/CCCC. The molecule has 0 atom stereocenters. The van der Waals surface area contributed by atoms with Crippen LogP contribution in [0.4, 0.5) is 0 Å². The minimum Gasteiger partial charge on any atom is -0.462 e. The second-order valence-electron chi connectivity index (χ2n) is 7.97. The highest BCUT2D eigenvalue weighted by atomic mass is 32.2. The fourth-order valence-corrected chi connectivity index (χ4v) is 3.54. The summed E-state index contributed by atoms with van der Waals surface area (Å²) in [7, 11) is -4.55. The van der Waals surface area contributed by atoms with Gasteiger partial charge in [-0.05, 0) is 56.7 Å². The molecule has 34 heavy (non-hydrogen) atoms. The van der Waals surface area contributed by atoms with Crippen LogP contribution in [0.5, 0.6) is 0 Å². The molecule has 0 aliphatic carbocycles. The highest BCUT2D eigenvalue weighted by Gasteiger charge is 2.23. The van der Waals surface area contributed by atoms with Crippen molar-refractivity contribution in [2.45, 2.75) is 83.0 Å². The second-order valence-corrected chi connectivity index (χ2v) is 9.39. The number of esters is 2. The second kappa shape index (κ2) is 17.1. The van der Waals surface area contributed by atoms with Crippen molar-refractivity contribution in [2.24, 2.45) is 0 Å². The summed E-state index contributed by atoms with van der Waals surface area (Å²) in [5.74, 6) is -1.59. The first-order chi connectivity index (χ1) is 16.3. The summed E-state index contributed by atoms with van der Waals surface area (Å²) >= 11 is 0. The molecule has 1 N–H and O–H groups in total. The third-order valence-corrected chi connectivity index (χ3v) is 5.86. The normalized spacial score (nSPS) is 11.9. The molecule has 1 rings (SSSR count). The van der Waals surface area contributed by atoms with Gasteiger partial charge in [-0.2, -0.15) is 8.42 Å². The number of rotatable bonds is 17. The van der Waals surface area contributed by atoms with E-state index < -0.39 is 27.0 Å². The Bertz CT molecular complexity index is 917. The van der Waals surface area contributed by atoms with Gasteiger partial charge in [0, 0.05) is 0 Å². The molecule has 0 aliphatic heterocycles. The van der Waals surface area contributed by atoms with Gasteiger partial charge in [0.25, 0.3) is 10.1 Å². The Morgan fingerprint density at radius 3 is 1.65 bits per heavy atom. The summed E-state index contributed by atoms with van der Waals surface area (Å²) in [6.07, 6.45) is 17.6. The molecule has 0 bridgehead atoms. The lowest BCUT2D eigenvalue weighted by Gasteiger charge is -2.11. The summed E-state index contributed by atoms with van der Waals surface area (Å²) in [5, 5.41) is 0. The molecule has 7 nitrogen and oxygen atoms in total. The number of hydrogen-bond donors (Lipinski definition) is 1. The van der Waals surface area contributed by atoms with Crippen molar-refractivity contribution in [1.82, 2.24) is 0 Å². The maximum absolute atomic E-state index is 12.6. The van der Waals surface area contributed by atoms with Crippen LogP contribution < -0.4 is 0 Å². The van der Waals surface area contributed by atoms with Crippen molar-refractivity contribution in [3.05, 3.63) is 53.6 Å². The molecule has 0 aromatic heterocycles. The first-order valence-electron chi connectivity index (χ1n) is 12.1. The Morgan fingerprint density at radius 1 is 0.765 bits per heavy atom. The summed E-state index contributed by atoms with van der Waals surface area (Å²) in [5.41, 5.74) is -0.353. The zero-order valence-corrected chi connectivity index (χ0v) is 21.1. The average molecular weight is 495 g/mol. The minimum absolute atomic E-state index is 0.102. The fraction of sp³-hybridized carbons (Fsp3) is 0.538. The zero-order chi connectivity index (χ0) is 25.2. The monoisotopic (exact) mass is 494 g/mol. The van der Waals surface area contributed by atoms with Crippen LogP contribution in [0.25, 0.3) is 0 Å². The van der Waals surface area contributed by atoms with Crippen LogP contribution in [-0.2, 0) is 19.6 Å². The van der Waals surface area contributed by atoms with Gasteiger partial charge in [-0.3, -0.25) is 4.55 Å². The molecule has 8 heteroatoms. The van der Waals surface area contributed by atoms with Crippen LogP contribution in [0.2, 0.25) is 0 Å². The predicted molar refractivity (Wildman–Crippen MR) is 133 cm³/mol. The molecular formula is C26H38O7S. The number of ether oxygens (including phenoxy) is 2. The van der Waals surface area contributed by atoms with Crippen molar-refractivity contribution < 1.29 is 32.0 Å². The summed E-state index contributed by atoms with van der Waals surface area (Å²) in [6, 6.07) is 3.15. The maximum atomic E-state index is 12.6. The first-order valence-corrected chi connectivity index (χ1v) is 13.5. The molecule has 0 spiro atoms. The summed E-state index contributed by atoms with van der Waals surface area (Å²) in [4.78, 5) is 24.6. The maximum Gasteiger partial charge on any atom is 0.339 e. The standard InChI is InChI=1S/C26H38O7S/c1-3-5-7-9-11-13-15-19-32-25(27)23-18-17-22(34(29,30)31)21-24(23)26(28)33-20-16-14-12-10-8-6-4-2/h9-12,17-18,21H,3-8,13-16,19-20H2,1-2H3,(H,29,30,31)/b11-9+,12-10+. The number of unbranched alkanes of at least 4 members (excludes halogenated alkanes) is 6. The largest absolute Gasteiger partial charge is 0.462 e.